The molecule has 0 aliphatic heterocycles. The first-order valence-electron chi connectivity index (χ1n) is 9.47. The average Bonchev–Trinajstić information content (AvgIpc) is 2.76. The van der Waals surface area contributed by atoms with Crippen molar-refractivity contribution in [3.63, 3.8) is 0 Å². The minimum absolute atomic E-state index is 0.217. The van der Waals surface area contributed by atoms with E-state index in [0.717, 1.165) is 0 Å². The van der Waals surface area contributed by atoms with Crippen molar-refractivity contribution in [2.24, 2.45) is 0 Å². The summed E-state index contributed by atoms with van der Waals surface area (Å²) in [5.41, 5.74) is 0.803. The highest BCUT2D eigenvalue weighted by molar-refractivity contribution is 6.36. The zero-order valence-electron chi connectivity index (χ0n) is 16.6. The maximum Gasteiger partial charge on any atom is 0.352 e. The Bertz CT molecular complexity index is 1360. The molecule has 5 nitrogen and oxygen atoms in total. The Morgan fingerprint density at radius 3 is 2.28 bits per heavy atom. The van der Waals surface area contributed by atoms with Crippen molar-refractivity contribution in [2.45, 2.75) is 13.0 Å². The van der Waals surface area contributed by atoms with Gasteiger partial charge in [0.1, 0.15) is 23.3 Å². The number of hydrogen-bond donors (Lipinski definition) is 0. The Balaban J connectivity index is 1.55. The molecule has 1 heterocycles. The van der Waals surface area contributed by atoms with E-state index in [0.29, 0.717) is 37.3 Å². The van der Waals surface area contributed by atoms with Crippen molar-refractivity contribution in [2.75, 3.05) is 0 Å². The fourth-order valence-electron chi connectivity index (χ4n) is 3.03. The van der Waals surface area contributed by atoms with Gasteiger partial charge in [-0.25, -0.2) is 4.79 Å². The van der Waals surface area contributed by atoms with Crippen LogP contribution < -0.4 is 14.9 Å². The van der Waals surface area contributed by atoms with Gasteiger partial charge in [-0.2, -0.15) is 0 Å². The number of esters is 1. The number of carbonyl (C=O) groups is 1. The highest BCUT2D eigenvalue weighted by Gasteiger charge is 2.19. The molecule has 3 aromatic carbocycles. The summed E-state index contributed by atoms with van der Waals surface area (Å²) in [6.45, 7) is 1.57. The van der Waals surface area contributed by atoms with Crippen LogP contribution in [0.15, 0.2) is 76.1 Å². The molecule has 1 aromatic heterocycles. The second-order valence-corrected chi connectivity index (χ2v) is 8.18. The monoisotopic (exact) mass is 488 g/mol. The third kappa shape index (κ3) is 4.75. The summed E-state index contributed by atoms with van der Waals surface area (Å²) in [6.07, 6.45) is 0.450. The third-order valence-corrected chi connectivity index (χ3v) is 5.44. The molecule has 0 N–H and O–H groups in total. The molecular weight excluding hydrogens is 475 g/mol. The molecule has 32 heavy (non-hydrogen) atoms. The summed E-state index contributed by atoms with van der Waals surface area (Å²) in [5.74, 6) is 0.0949. The van der Waals surface area contributed by atoms with Gasteiger partial charge < -0.3 is 13.9 Å². The number of fused-ring (bicyclic) bond motifs is 1. The molecule has 1 atom stereocenters. The SMILES string of the molecule is CC(Oc1ccc(Cl)cc1)C(=O)Oc1ccc2c(=O)c(-c3ccc(Cl)cc3Cl)coc2c1. The number of benzene rings is 3. The zero-order chi connectivity index (χ0) is 22.8. The van der Waals surface area contributed by atoms with E-state index in [-0.39, 0.29) is 16.8 Å². The lowest BCUT2D eigenvalue weighted by Gasteiger charge is -2.14. The average molecular weight is 490 g/mol. The number of carbonyl (C=O) groups excluding carboxylic acids is 1. The van der Waals surface area contributed by atoms with Crippen LogP contribution in [0.3, 0.4) is 0 Å². The molecule has 0 aliphatic carbocycles. The van der Waals surface area contributed by atoms with Gasteiger partial charge in [0.2, 0.25) is 5.43 Å². The summed E-state index contributed by atoms with van der Waals surface area (Å²) < 4.78 is 16.6. The lowest BCUT2D eigenvalue weighted by Crippen LogP contribution is -2.28. The Kier molecular flexibility index (Phi) is 6.42. The Labute approximate surface area is 198 Å². The van der Waals surface area contributed by atoms with E-state index in [9.17, 15) is 9.59 Å². The third-order valence-electron chi connectivity index (χ3n) is 4.64. The van der Waals surface area contributed by atoms with Crippen LogP contribution in [0.1, 0.15) is 6.92 Å². The minimum Gasteiger partial charge on any atom is -0.479 e. The van der Waals surface area contributed by atoms with Crippen molar-refractivity contribution >= 4 is 51.7 Å². The highest BCUT2D eigenvalue weighted by atomic mass is 35.5. The first-order valence-corrected chi connectivity index (χ1v) is 10.6. The maximum absolute atomic E-state index is 12.9. The van der Waals surface area contributed by atoms with Crippen LogP contribution in [-0.4, -0.2) is 12.1 Å². The standard InChI is InChI=1S/C24H15Cl3O5/c1-13(31-16-5-2-14(25)3-6-16)24(29)32-17-7-9-19-22(11-17)30-12-20(23(19)28)18-8-4-15(26)10-21(18)27/h2-13H,1H3. The van der Waals surface area contributed by atoms with Crippen molar-refractivity contribution in [1.82, 2.24) is 0 Å². The fourth-order valence-corrected chi connectivity index (χ4v) is 3.67. The fraction of sp³-hybridized carbons (Fsp3) is 0.0833. The molecule has 0 spiro atoms. The molecule has 8 heteroatoms. The summed E-state index contributed by atoms with van der Waals surface area (Å²) >= 11 is 18.0. The van der Waals surface area contributed by atoms with Crippen molar-refractivity contribution in [3.8, 4) is 22.6 Å². The normalized spacial score (nSPS) is 11.9. The quantitative estimate of drug-likeness (QED) is 0.228. The van der Waals surface area contributed by atoms with Gasteiger partial charge in [-0.1, -0.05) is 40.9 Å². The van der Waals surface area contributed by atoms with Gasteiger partial charge in [0.05, 0.1) is 16.0 Å². The first kappa shape index (κ1) is 22.2. The first-order chi connectivity index (χ1) is 15.3. The van der Waals surface area contributed by atoms with Crippen LogP contribution in [0.2, 0.25) is 15.1 Å². The molecule has 4 aromatic rings. The molecule has 0 saturated carbocycles. The van der Waals surface area contributed by atoms with E-state index < -0.39 is 12.1 Å². The van der Waals surface area contributed by atoms with Gasteiger partial charge in [-0.3, -0.25) is 4.79 Å². The molecular formula is C24H15Cl3O5. The Morgan fingerprint density at radius 2 is 1.56 bits per heavy atom. The predicted octanol–water partition coefficient (Wildman–Crippen LogP) is 6.79. The van der Waals surface area contributed by atoms with Gasteiger partial charge in [0, 0.05) is 21.7 Å². The van der Waals surface area contributed by atoms with Crippen LogP contribution in [0, 0.1) is 0 Å². The van der Waals surface area contributed by atoms with Gasteiger partial charge in [-0.05, 0) is 55.5 Å². The molecule has 0 fully saturated rings. The summed E-state index contributed by atoms with van der Waals surface area (Å²) in [5, 5.41) is 1.68. The molecule has 0 aliphatic rings. The zero-order valence-corrected chi connectivity index (χ0v) is 18.9. The second kappa shape index (κ2) is 9.25. The number of rotatable bonds is 5. The highest BCUT2D eigenvalue weighted by Crippen LogP contribution is 2.30. The Morgan fingerprint density at radius 1 is 0.875 bits per heavy atom. The van der Waals surface area contributed by atoms with Gasteiger partial charge in [0.15, 0.2) is 6.10 Å². The minimum atomic E-state index is -0.867. The molecule has 162 valence electrons. The van der Waals surface area contributed by atoms with E-state index in [1.165, 1.54) is 24.5 Å². The summed E-state index contributed by atoms with van der Waals surface area (Å²) in [7, 11) is 0. The van der Waals surface area contributed by atoms with E-state index in [1.807, 2.05) is 0 Å². The lowest BCUT2D eigenvalue weighted by molar-refractivity contribution is -0.141. The molecule has 4 rings (SSSR count). The molecule has 0 radical (unpaired) electrons. The lowest BCUT2D eigenvalue weighted by atomic mass is 10.1. The van der Waals surface area contributed by atoms with Gasteiger partial charge >= 0.3 is 5.97 Å². The van der Waals surface area contributed by atoms with Crippen LogP contribution >= 0.6 is 34.8 Å². The summed E-state index contributed by atoms with van der Waals surface area (Å²) in [6, 6.07) is 16.0. The smallest absolute Gasteiger partial charge is 0.352 e. The van der Waals surface area contributed by atoms with Crippen molar-refractivity contribution < 1.29 is 18.7 Å². The van der Waals surface area contributed by atoms with E-state index in [1.54, 1.807) is 49.4 Å². The molecule has 1 unspecified atom stereocenters. The van der Waals surface area contributed by atoms with Crippen LogP contribution in [0.5, 0.6) is 11.5 Å². The van der Waals surface area contributed by atoms with E-state index >= 15 is 0 Å². The maximum atomic E-state index is 12.9. The van der Waals surface area contributed by atoms with Crippen LogP contribution in [0.4, 0.5) is 0 Å². The number of hydrogen-bond acceptors (Lipinski definition) is 5. The second-order valence-electron chi connectivity index (χ2n) is 6.90. The largest absolute Gasteiger partial charge is 0.479 e. The molecule has 0 saturated heterocycles. The van der Waals surface area contributed by atoms with Gasteiger partial charge in [0.25, 0.3) is 0 Å². The predicted molar refractivity (Wildman–Crippen MR) is 125 cm³/mol. The van der Waals surface area contributed by atoms with Gasteiger partial charge in [-0.15, -0.1) is 0 Å². The Hall–Kier alpha value is -2.99. The van der Waals surface area contributed by atoms with E-state index in [2.05, 4.69) is 0 Å². The van der Waals surface area contributed by atoms with E-state index in [4.69, 9.17) is 48.7 Å². The van der Waals surface area contributed by atoms with Crippen molar-refractivity contribution in [3.05, 3.63) is 92.2 Å². The van der Waals surface area contributed by atoms with Crippen LogP contribution in [-0.2, 0) is 4.79 Å². The number of halogens is 3. The molecule has 0 bridgehead atoms. The summed E-state index contributed by atoms with van der Waals surface area (Å²) in [4.78, 5) is 25.3. The van der Waals surface area contributed by atoms with Crippen molar-refractivity contribution in [1.29, 1.82) is 0 Å². The topological polar surface area (TPSA) is 65.7 Å². The molecule has 0 amide bonds. The van der Waals surface area contributed by atoms with Crippen LogP contribution in [0.25, 0.3) is 22.1 Å². The number of ether oxygens (including phenoxy) is 2.